The average molecular weight is 524 g/mol. The first-order valence-electron chi connectivity index (χ1n) is 12.9. The van der Waals surface area contributed by atoms with Gasteiger partial charge in [-0.25, -0.2) is 8.78 Å². The van der Waals surface area contributed by atoms with Crippen LogP contribution in [0.3, 0.4) is 0 Å². The molecule has 0 bridgehead atoms. The van der Waals surface area contributed by atoms with Crippen molar-refractivity contribution < 1.29 is 23.5 Å². The van der Waals surface area contributed by atoms with E-state index in [0.29, 0.717) is 30.0 Å². The number of pyridine rings is 1. The molecule has 6 nitrogen and oxygen atoms in total. The molecule has 0 fully saturated rings. The van der Waals surface area contributed by atoms with Gasteiger partial charge in [-0.05, 0) is 86.7 Å². The van der Waals surface area contributed by atoms with E-state index in [0.717, 1.165) is 36.6 Å². The Bertz CT molecular complexity index is 1260. The molecule has 2 aromatic carbocycles. The van der Waals surface area contributed by atoms with Crippen LogP contribution in [0.5, 0.6) is 0 Å². The fraction of sp³-hybridized carbons (Fsp3) is 0.367. The van der Waals surface area contributed by atoms with E-state index in [1.165, 1.54) is 0 Å². The first-order chi connectivity index (χ1) is 18.1. The highest BCUT2D eigenvalue weighted by molar-refractivity contribution is 6.00. The minimum atomic E-state index is -1.25. The van der Waals surface area contributed by atoms with E-state index in [1.807, 2.05) is 13.8 Å². The zero-order valence-electron chi connectivity index (χ0n) is 22.3. The topological polar surface area (TPSA) is 82.5 Å². The normalized spacial score (nSPS) is 12.6. The molecule has 0 saturated carbocycles. The quantitative estimate of drug-likeness (QED) is 0.357. The molecule has 3 rings (SSSR count). The molecule has 2 atom stereocenters. The standard InChI is InChI=1S/C30H35F2N3O3/c1-5-10-35(11-6-2)30(38)23-13-19(3)12-22(17-23)29(37)34-27(16-21-14-24(31)18-25(32)15-21)28(36)26-9-7-8-20(4)33-26/h7-9,12-15,17-18,27-28,36H,5-6,10-11,16H2,1-4H3,(H,34,37). The molecule has 2 unspecified atom stereocenters. The Morgan fingerprint density at radius 3 is 2.18 bits per heavy atom. The van der Waals surface area contributed by atoms with Gasteiger partial charge in [0.2, 0.25) is 0 Å². The number of benzene rings is 2. The highest BCUT2D eigenvalue weighted by Gasteiger charge is 2.26. The molecule has 38 heavy (non-hydrogen) atoms. The maximum Gasteiger partial charge on any atom is 0.253 e. The molecule has 0 saturated heterocycles. The minimum Gasteiger partial charge on any atom is -0.385 e. The first kappa shape index (κ1) is 28.9. The molecule has 202 valence electrons. The van der Waals surface area contributed by atoms with Gasteiger partial charge in [-0.2, -0.15) is 0 Å². The third kappa shape index (κ3) is 7.68. The predicted octanol–water partition coefficient (Wildman–Crippen LogP) is 5.31. The second-order valence-electron chi connectivity index (χ2n) is 9.59. The lowest BCUT2D eigenvalue weighted by atomic mass is 9.97. The van der Waals surface area contributed by atoms with Crippen molar-refractivity contribution in [3.05, 3.63) is 99.9 Å². The number of halogens is 2. The van der Waals surface area contributed by atoms with Crippen molar-refractivity contribution >= 4 is 11.8 Å². The van der Waals surface area contributed by atoms with Crippen LogP contribution in [0.2, 0.25) is 0 Å². The van der Waals surface area contributed by atoms with Crippen LogP contribution in [0, 0.1) is 25.5 Å². The van der Waals surface area contributed by atoms with E-state index in [9.17, 15) is 23.5 Å². The number of rotatable bonds is 11. The van der Waals surface area contributed by atoms with Crippen molar-refractivity contribution in [1.29, 1.82) is 0 Å². The van der Waals surface area contributed by atoms with E-state index in [1.54, 1.807) is 55.1 Å². The molecule has 1 aromatic heterocycles. The lowest BCUT2D eigenvalue weighted by molar-refractivity contribution is 0.0755. The molecule has 1 heterocycles. The van der Waals surface area contributed by atoms with Crippen LogP contribution in [-0.4, -0.2) is 45.9 Å². The van der Waals surface area contributed by atoms with Gasteiger partial charge in [-0.1, -0.05) is 19.9 Å². The van der Waals surface area contributed by atoms with Crippen molar-refractivity contribution in [1.82, 2.24) is 15.2 Å². The molecule has 8 heteroatoms. The third-order valence-corrected chi connectivity index (χ3v) is 6.15. The third-order valence-electron chi connectivity index (χ3n) is 6.15. The monoisotopic (exact) mass is 523 g/mol. The van der Waals surface area contributed by atoms with Crippen LogP contribution in [0.15, 0.2) is 54.6 Å². The van der Waals surface area contributed by atoms with Crippen molar-refractivity contribution in [2.75, 3.05) is 13.1 Å². The van der Waals surface area contributed by atoms with E-state index < -0.39 is 29.7 Å². The molecule has 3 aromatic rings. The fourth-order valence-electron chi connectivity index (χ4n) is 4.49. The zero-order chi connectivity index (χ0) is 27.8. The van der Waals surface area contributed by atoms with Crippen LogP contribution in [0.25, 0.3) is 0 Å². The molecular formula is C30H35F2N3O3. The summed E-state index contributed by atoms with van der Waals surface area (Å²) in [7, 11) is 0. The van der Waals surface area contributed by atoms with E-state index in [4.69, 9.17) is 0 Å². The smallest absolute Gasteiger partial charge is 0.253 e. The number of aliphatic hydroxyl groups excluding tert-OH is 1. The molecule has 2 N–H and O–H groups in total. The fourth-order valence-corrected chi connectivity index (χ4v) is 4.49. The highest BCUT2D eigenvalue weighted by Crippen LogP contribution is 2.21. The summed E-state index contributed by atoms with van der Waals surface area (Å²) in [6.07, 6.45) is 0.340. The van der Waals surface area contributed by atoms with Crippen molar-refractivity contribution in [3.63, 3.8) is 0 Å². The van der Waals surface area contributed by atoms with Gasteiger partial charge in [0.25, 0.3) is 11.8 Å². The Morgan fingerprint density at radius 2 is 1.58 bits per heavy atom. The van der Waals surface area contributed by atoms with E-state index in [-0.39, 0.29) is 23.5 Å². The van der Waals surface area contributed by atoms with Gasteiger partial charge in [-0.15, -0.1) is 0 Å². The van der Waals surface area contributed by atoms with Gasteiger partial charge >= 0.3 is 0 Å². The van der Waals surface area contributed by atoms with Gasteiger partial charge in [0.1, 0.15) is 17.7 Å². The van der Waals surface area contributed by atoms with Crippen molar-refractivity contribution in [3.8, 4) is 0 Å². The van der Waals surface area contributed by atoms with Crippen LogP contribution in [0.4, 0.5) is 8.78 Å². The second kappa shape index (κ2) is 13.2. The molecule has 2 amide bonds. The van der Waals surface area contributed by atoms with Gasteiger partial charge in [0.15, 0.2) is 0 Å². The average Bonchev–Trinajstić information content (AvgIpc) is 2.86. The minimum absolute atomic E-state index is 0.0460. The Balaban J connectivity index is 1.93. The number of nitrogens with zero attached hydrogens (tertiary/aromatic N) is 2. The number of hydrogen-bond acceptors (Lipinski definition) is 4. The maximum atomic E-state index is 13.9. The summed E-state index contributed by atoms with van der Waals surface area (Å²) in [6.45, 7) is 8.82. The zero-order valence-corrected chi connectivity index (χ0v) is 22.3. The van der Waals surface area contributed by atoms with Gasteiger partial charge < -0.3 is 15.3 Å². The summed E-state index contributed by atoms with van der Waals surface area (Å²) in [5.41, 5.74) is 2.66. The van der Waals surface area contributed by atoms with Gasteiger partial charge in [0, 0.05) is 36.0 Å². The molecule has 0 aliphatic carbocycles. The summed E-state index contributed by atoms with van der Waals surface area (Å²) in [4.78, 5) is 32.7. The van der Waals surface area contributed by atoms with Crippen LogP contribution >= 0.6 is 0 Å². The molecular weight excluding hydrogens is 488 g/mol. The van der Waals surface area contributed by atoms with Crippen molar-refractivity contribution in [2.24, 2.45) is 0 Å². The largest absolute Gasteiger partial charge is 0.385 e. The summed E-state index contributed by atoms with van der Waals surface area (Å²) in [6, 6.07) is 12.2. The number of nitrogens with one attached hydrogen (secondary N) is 1. The number of aryl methyl sites for hydroxylation is 2. The Kier molecular flexibility index (Phi) is 10.1. The number of carbonyl (C=O) groups is 2. The number of amides is 2. The number of carbonyl (C=O) groups excluding carboxylic acids is 2. The Morgan fingerprint density at radius 1 is 0.947 bits per heavy atom. The lowest BCUT2D eigenvalue weighted by Gasteiger charge is -2.25. The van der Waals surface area contributed by atoms with Gasteiger partial charge in [-0.3, -0.25) is 14.6 Å². The summed E-state index contributed by atoms with van der Waals surface area (Å²) in [5, 5.41) is 14.0. The Hall–Kier alpha value is -3.65. The summed E-state index contributed by atoms with van der Waals surface area (Å²) in [5.74, 6) is -2.17. The number of aromatic nitrogens is 1. The molecule has 0 spiro atoms. The highest BCUT2D eigenvalue weighted by atomic mass is 19.1. The summed E-state index contributed by atoms with van der Waals surface area (Å²) < 4.78 is 27.8. The van der Waals surface area contributed by atoms with E-state index >= 15 is 0 Å². The number of hydrogen-bond donors (Lipinski definition) is 2. The maximum absolute atomic E-state index is 13.9. The molecule has 0 radical (unpaired) electrons. The molecule has 0 aliphatic heterocycles. The lowest BCUT2D eigenvalue weighted by Crippen LogP contribution is -2.41. The first-order valence-corrected chi connectivity index (χ1v) is 12.9. The number of aliphatic hydroxyl groups is 1. The SMILES string of the molecule is CCCN(CCC)C(=O)c1cc(C)cc(C(=O)NC(Cc2cc(F)cc(F)c2)C(O)c2cccc(C)n2)c1. The van der Waals surface area contributed by atoms with Crippen LogP contribution in [-0.2, 0) is 6.42 Å². The molecule has 0 aliphatic rings. The summed E-state index contributed by atoms with van der Waals surface area (Å²) >= 11 is 0. The van der Waals surface area contributed by atoms with E-state index in [2.05, 4.69) is 10.3 Å². The van der Waals surface area contributed by atoms with Crippen molar-refractivity contribution in [2.45, 2.75) is 59.1 Å². The van der Waals surface area contributed by atoms with Crippen LogP contribution in [0.1, 0.15) is 76.0 Å². The Labute approximate surface area is 222 Å². The van der Waals surface area contributed by atoms with Crippen LogP contribution < -0.4 is 5.32 Å². The second-order valence-corrected chi connectivity index (χ2v) is 9.59. The van der Waals surface area contributed by atoms with Gasteiger partial charge in [0.05, 0.1) is 11.7 Å². The predicted molar refractivity (Wildman–Crippen MR) is 143 cm³/mol.